The molecule has 270 valence electrons. The van der Waals surface area contributed by atoms with Crippen molar-refractivity contribution in [3.05, 3.63) is 117 Å². The first kappa shape index (κ1) is 37.9. The van der Waals surface area contributed by atoms with Crippen LogP contribution in [-0.4, -0.2) is 68.9 Å². The van der Waals surface area contributed by atoms with E-state index < -0.39 is 12.1 Å². The minimum atomic E-state index is -0.718. The van der Waals surface area contributed by atoms with Crippen LogP contribution >= 0.6 is 23.2 Å². The van der Waals surface area contributed by atoms with Crippen molar-refractivity contribution in [3.63, 3.8) is 0 Å². The maximum absolute atomic E-state index is 13.5. The molecule has 4 heterocycles. The number of carbonyl (C=O) groups is 2. The average Bonchev–Trinajstić information content (AvgIpc) is 3.15. The minimum Gasteiger partial charge on any atom is -0.870 e. The number of methoxy groups -OCH3 is 2. The van der Waals surface area contributed by atoms with Gasteiger partial charge in [0.05, 0.1) is 19.8 Å². The molecule has 2 N–H and O–H groups in total. The summed E-state index contributed by atoms with van der Waals surface area (Å²) in [6, 6.07) is 22.4. The van der Waals surface area contributed by atoms with E-state index in [-0.39, 0.29) is 24.1 Å². The van der Waals surface area contributed by atoms with E-state index in [4.69, 9.17) is 42.1 Å². The maximum atomic E-state index is 13.5. The molecular weight excluding hydrogens is 693 g/mol. The summed E-state index contributed by atoms with van der Waals surface area (Å²) >= 11 is 13.0. The van der Waals surface area contributed by atoms with Gasteiger partial charge in [0.15, 0.2) is 23.9 Å². The van der Waals surface area contributed by atoms with Crippen LogP contribution in [-0.2, 0) is 22.3 Å². The number of fused-ring (bicyclic) bond motifs is 3. The van der Waals surface area contributed by atoms with Crippen LogP contribution in [0.3, 0.4) is 0 Å². The standard InChI is InChI=1S/C39H41Cl2N3O6.H2O/c1-47-34-15-14-29(21-36(34)48-2)35(22-31-32(40)23-42-24-33(31)41)49-38(45)28-12-10-26(11-13-28)7-6-18-44(30-8-4-3-5-9-30)39(46)50-37-25-43-19-16-27(37)17-20-43;/h3-5,8-15,21,23-24,27,35,37H,6-7,16-20,22,25H2,1-2H3;1H2/t35-,37-;/m0./s1. The number of aryl methyl sites for hydroxylation is 1. The fourth-order valence-corrected chi connectivity index (χ4v) is 7.29. The van der Waals surface area contributed by atoms with Crippen LogP contribution in [0.15, 0.2) is 85.2 Å². The van der Waals surface area contributed by atoms with Gasteiger partial charge in [0.1, 0.15) is 22.3 Å². The molecule has 1 amide bonds. The number of aromatic amines is 1. The Morgan fingerprint density at radius 2 is 1.61 bits per heavy atom. The van der Waals surface area contributed by atoms with Crippen LogP contribution in [0.4, 0.5) is 10.5 Å². The highest BCUT2D eigenvalue weighted by molar-refractivity contribution is 6.35. The molecule has 51 heavy (non-hydrogen) atoms. The molecule has 12 heteroatoms. The van der Waals surface area contributed by atoms with Crippen LogP contribution in [0, 0.1) is 5.92 Å². The summed E-state index contributed by atoms with van der Waals surface area (Å²) in [4.78, 5) is 34.0. The summed E-state index contributed by atoms with van der Waals surface area (Å²) in [5.41, 5.74) is 3.60. The van der Waals surface area contributed by atoms with Gasteiger partial charge in [0.2, 0.25) is 0 Å². The van der Waals surface area contributed by atoms with Crippen molar-refractivity contribution in [1.29, 1.82) is 0 Å². The van der Waals surface area contributed by atoms with E-state index in [1.807, 2.05) is 48.5 Å². The van der Waals surface area contributed by atoms with Gasteiger partial charge < -0.3 is 24.4 Å². The number of H-pyrrole nitrogens is 1. The number of carbonyl (C=O) groups excluding carboxylic acids is 2. The fraction of sp³-hybridized carbons (Fsp3) is 0.359. The van der Waals surface area contributed by atoms with Crippen molar-refractivity contribution in [2.24, 2.45) is 5.92 Å². The van der Waals surface area contributed by atoms with Crippen LogP contribution in [0.25, 0.3) is 0 Å². The Labute approximate surface area is 308 Å². The number of amides is 1. The number of aromatic nitrogens is 1. The summed E-state index contributed by atoms with van der Waals surface area (Å²) in [6.07, 6.45) is 6.02. The smallest absolute Gasteiger partial charge is 0.414 e. The molecule has 2 atom stereocenters. The van der Waals surface area contributed by atoms with Crippen molar-refractivity contribution < 1.29 is 39.0 Å². The number of halogens is 2. The highest BCUT2D eigenvalue weighted by Crippen LogP contribution is 2.35. The second-order valence-electron chi connectivity index (χ2n) is 12.7. The summed E-state index contributed by atoms with van der Waals surface area (Å²) in [5.74, 6) is 1.01. The Morgan fingerprint density at radius 3 is 2.24 bits per heavy atom. The fourth-order valence-electron chi connectivity index (χ4n) is 6.75. The predicted octanol–water partition coefficient (Wildman–Crippen LogP) is 7.46. The average molecular weight is 737 g/mol. The molecule has 1 aromatic heterocycles. The SMILES string of the molecule is COc1ccc([C@H](Cc2c(Cl)c[nH+]cc2Cl)OC(=O)c2ccc(CCCN(C(=O)O[C@H]3CN4CCC3CC4)c3ccccc3)cc2)cc1OC.[OH-]. The Kier molecular flexibility index (Phi) is 13.2. The lowest BCUT2D eigenvalue weighted by molar-refractivity contribution is -0.377. The molecule has 0 radical (unpaired) electrons. The lowest BCUT2D eigenvalue weighted by atomic mass is 9.86. The van der Waals surface area contributed by atoms with Crippen LogP contribution < -0.4 is 19.4 Å². The van der Waals surface area contributed by atoms with Gasteiger partial charge in [-0.05, 0) is 92.2 Å². The number of nitrogens with zero attached hydrogens (tertiary/aromatic N) is 2. The molecule has 0 aliphatic carbocycles. The number of ether oxygens (including phenoxy) is 4. The maximum Gasteiger partial charge on any atom is 0.414 e. The summed E-state index contributed by atoms with van der Waals surface area (Å²) in [7, 11) is 3.11. The van der Waals surface area contributed by atoms with Gasteiger partial charge in [-0.3, -0.25) is 9.80 Å². The predicted molar refractivity (Wildman–Crippen MR) is 194 cm³/mol. The van der Waals surface area contributed by atoms with Crippen LogP contribution in [0.2, 0.25) is 10.0 Å². The monoisotopic (exact) mass is 735 g/mol. The Hall–Kier alpha value is -4.35. The Balaban J connectivity index is 0.00000504. The number of hydrogen-bond donors (Lipinski definition) is 0. The largest absolute Gasteiger partial charge is 0.870 e. The number of nitrogens with one attached hydrogen (secondary N) is 1. The molecule has 7 rings (SSSR count). The van der Waals surface area contributed by atoms with E-state index in [2.05, 4.69) is 9.88 Å². The van der Waals surface area contributed by atoms with E-state index in [1.54, 1.807) is 55.8 Å². The highest BCUT2D eigenvalue weighted by Gasteiger charge is 2.37. The van der Waals surface area contributed by atoms with Crippen LogP contribution in [0.5, 0.6) is 11.5 Å². The van der Waals surface area contributed by atoms with Crippen LogP contribution in [0.1, 0.15) is 52.4 Å². The van der Waals surface area contributed by atoms with E-state index in [0.717, 1.165) is 43.7 Å². The number of anilines is 1. The number of benzene rings is 3. The molecule has 2 bridgehead atoms. The molecule has 4 aromatic rings. The molecule has 0 spiro atoms. The minimum absolute atomic E-state index is 0. The molecule has 0 saturated carbocycles. The molecule has 0 unspecified atom stereocenters. The topological polar surface area (TPSA) is 122 Å². The van der Waals surface area contributed by atoms with Gasteiger partial charge >= 0.3 is 12.1 Å². The van der Waals surface area contributed by atoms with Crippen molar-refractivity contribution in [1.82, 2.24) is 4.90 Å². The van der Waals surface area contributed by atoms with Crippen molar-refractivity contribution in [2.45, 2.75) is 44.3 Å². The molecule has 3 saturated heterocycles. The van der Waals surface area contributed by atoms with Crippen molar-refractivity contribution in [3.8, 4) is 11.5 Å². The lowest BCUT2D eigenvalue weighted by Gasteiger charge is -2.44. The molecule has 3 aliphatic heterocycles. The zero-order valence-electron chi connectivity index (χ0n) is 28.7. The van der Waals surface area contributed by atoms with Crippen molar-refractivity contribution in [2.75, 3.05) is 45.3 Å². The molecular formula is C39H43Cl2N3O7. The zero-order chi connectivity index (χ0) is 35.0. The quantitative estimate of drug-likeness (QED) is 0.130. The van der Waals surface area contributed by atoms with E-state index in [0.29, 0.717) is 63.5 Å². The molecule has 3 aromatic carbocycles. The molecule has 3 aliphatic rings. The number of piperidine rings is 3. The molecule has 10 nitrogen and oxygen atoms in total. The summed E-state index contributed by atoms with van der Waals surface area (Å²) < 4.78 is 23.1. The third kappa shape index (κ3) is 9.31. The summed E-state index contributed by atoms with van der Waals surface area (Å²) in [6.45, 7) is 3.50. The number of pyridine rings is 1. The second-order valence-corrected chi connectivity index (χ2v) is 13.5. The second kappa shape index (κ2) is 17.7. The number of hydrogen-bond acceptors (Lipinski definition) is 8. The van der Waals surface area contributed by atoms with Gasteiger partial charge in [0, 0.05) is 30.8 Å². The van der Waals surface area contributed by atoms with E-state index in [1.165, 1.54) is 0 Å². The highest BCUT2D eigenvalue weighted by atomic mass is 35.5. The first-order valence-electron chi connectivity index (χ1n) is 16.9. The third-order valence-corrected chi connectivity index (χ3v) is 10.3. The number of esters is 1. The zero-order valence-corrected chi connectivity index (χ0v) is 30.2. The van der Waals surface area contributed by atoms with Gasteiger partial charge in [-0.1, -0.05) is 59.6 Å². The van der Waals surface area contributed by atoms with E-state index in [9.17, 15) is 9.59 Å². The third-order valence-electron chi connectivity index (χ3n) is 9.59. The normalized spacial score (nSPS) is 18.2. The Bertz CT molecular complexity index is 1750. The van der Waals surface area contributed by atoms with Gasteiger partial charge in [-0.25, -0.2) is 14.6 Å². The number of para-hydroxylation sites is 1. The molecule has 3 fully saturated rings. The first-order chi connectivity index (χ1) is 24.3. The first-order valence-corrected chi connectivity index (χ1v) is 17.7. The van der Waals surface area contributed by atoms with Crippen molar-refractivity contribution >= 4 is 41.0 Å². The lowest BCUT2D eigenvalue weighted by Crippen LogP contribution is -2.53. The summed E-state index contributed by atoms with van der Waals surface area (Å²) in [5, 5.41) is 0.864. The van der Waals surface area contributed by atoms with Gasteiger partial charge in [-0.15, -0.1) is 0 Å². The van der Waals surface area contributed by atoms with E-state index >= 15 is 0 Å². The van der Waals surface area contributed by atoms with Gasteiger partial charge in [0.25, 0.3) is 0 Å². The van der Waals surface area contributed by atoms with Gasteiger partial charge in [-0.2, -0.15) is 0 Å². The Morgan fingerprint density at radius 1 is 0.922 bits per heavy atom. The number of rotatable bonds is 13.